The number of thioether (sulfide) groups is 1. The Morgan fingerprint density at radius 2 is 1.84 bits per heavy atom. The highest BCUT2D eigenvalue weighted by molar-refractivity contribution is 8.18. The van der Waals surface area contributed by atoms with Crippen LogP contribution in [0.5, 0.6) is 0 Å². The molecule has 1 aliphatic rings. The lowest BCUT2D eigenvalue weighted by molar-refractivity contribution is -0.385. The van der Waals surface area contributed by atoms with Crippen molar-refractivity contribution in [1.82, 2.24) is 9.47 Å². The number of aromatic nitrogens is 1. The van der Waals surface area contributed by atoms with Gasteiger partial charge in [0, 0.05) is 23.5 Å². The first-order valence-corrected chi connectivity index (χ1v) is 10.4. The maximum atomic E-state index is 12.9. The molecule has 2 amide bonds. The first-order valence-electron chi connectivity index (χ1n) is 9.61. The van der Waals surface area contributed by atoms with Crippen molar-refractivity contribution in [3.8, 4) is 0 Å². The summed E-state index contributed by atoms with van der Waals surface area (Å²) in [4.78, 5) is 37.8. The monoisotopic (exact) mass is 433 g/mol. The molecule has 31 heavy (non-hydrogen) atoms. The number of para-hydroxylation sites is 1. The second kappa shape index (κ2) is 8.61. The number of imide groups is 1. The summed E-state index contributed by atoms with van der Waals surface area (Å²) >= 11 is 0.904. The summed E-state index contributed by atoms with van der Waals surface area (Å²) in [6.45, 7) is 2.46. The number of amides is 2. The Balaban J connectivity index is 1.57. The Bertz CT molecular complexity index is 1210. The van der Waals surface area contributed by atoms with E-state index in [1.54, 1.807) is 36.5 Å². The average molecular weight is 433 g/mol. The Morgan fingerprint density at radius 1 is 1.03 bits per heavy atom. The van der Waals surface area contributed by atoms with Crippen LogP contribution in [0.4, 0.5) is 10.5 Å². The third kappa shape index (κ3) is 4.44. The molecule has 0 unspecified atom stereocenters. The number of rotatable bonds is 6. The van der Waals surface area contributed by atoms with E-state index in [-0.39, 0.29) is 29.9 Å². The van der Waals surface area contributed by atoms with Crippen LogP contribution < -0.4 is 0 Å². The molecule has 0 radical (unpaired) electrons. The Labute approximate surface area is 183 Å². The maximum absolute atomic E-state index is 12.9. The molecule has 156 valence electrons. The molecular weight excluding hydrogens is 414 g/mol. The third-order valence-electron chi connectivity index (χ3n) is 4.97. The molecule has 4 rings (SSSR count). The van der Waals surface area contributed by atoms with E-state index in [0.717, 1.165) is 22.9 Å². The SMILES string of the molecule is Cc1cccc(CN2C(=O)S/C(=C\c3cccn3Cc3ccccc3[N+](=O)[O-])C2=O)c1. The molecule has 1 aliphatic heterocycles. The molecule has 0 saturated carbocycles. The molecule has 0 aliphatic carbocycles. The third-order valence-corrected chi connectivity index (χ3v) is 5.88. The summed E-state index contributed by atoms with van der Waals surface area (Å²) in [5.74, 6) is -0.338. The summed E-state index contributed by atoms with van der Waals surface area (Å²) in [6, 6.07) is 17.9. The molecule has 0 N–H and O–H groups in total. The number of nitrogens with zero attached hydrogens (tertiary/aromatic N) is 3. The fourth-order valence-electron chi connectivity index (χ4n) is 3.47. The van der Waals surface area contributed by atoms with E-state index >= 15 is 0 Å². The predicted molar refractivity (Wildman–Crippen MR) is 119 cm³/mol. The number of aryl methyl sites for hydroxylation is 1. The van der Waals surface area contributed by atoms with E-state index in [1.807, 2.05) is 41.8 Å². The van der Waals surface area contributed by atoms with Crippen LogP contribution in [0.1, 0.15) is 22.4 Å². The van der Waals surface area contributed by atoms with Crippen LogP contribution in [0.25, 0.3) is 6.08 Å². The zero-order valence-corrected chi connectivity index (χ0v) is 17.5. The Morgan fingerprint density at radius 3 is 2.61 bits per heavy atom. The Kier molecular flexibility index (Phi) is 5.73. The van der Waals surface area contributed by atoms with E-state index in [4.69, 9.17) is 0 Å². The van der Waals surface area contributed by atoms with Gasteiger partial charge in [0.15, 0.2) is 0 Å². The molecule has 0 bridgehead atoms. The molecule has 0 spiro atoms. The van der Waals surface area contributed by atoms with E-state index in [0.29, 0.717) is 16.2 Å². The van der Waals surface area contributed by atoms with Gasteiger partial charge in [-0.3, -0.25) is 24.6 Å². The zero-order valence-electron chi connectivity index (χ0n) is 16.7. The number of nitro groups is 1. The summed E-state index contributed by atoms with van der Waals surface area (Å²) in [5, 5.41) is 11.0. The van der Waals surface area contributed by atoms with Crippen LogP contribution in [-0.2, 0) is 17.9 Å². The first-order chi connectivity index (χ1) is 14.9. The molecule has 1 aromatic heterocycles. The maximum Gasteiger partial charge on any atom is 0.293 e. The van der Waals surface area contributed by atoms with Gasteiger partial charge in [0.25, 0.3) is 16.8 Å². The van der Waals surface area contributed by atoms with Crippen molar-refractivity contribution in [2.24, 2.45) is 0 Å². The minimum Gasteiger partial charge on any atom is -0.343 e. The van der Waals surface area contributed by atoms with Crippen LogP contribution >= 0.6 is 11.8 Å². The summed E-state index contributed by atoms with van der Waals surface area (Å²) in [7, 11) is 0. The van der Waals surface area contributed by atoms with Crippen LogP contribution in [0.3, 0.4) is 0 Å². The van der Waals surface area contributed by atoms with E-state index < -0.39 is 4.92 Å². The van der Waals surface area contributed by atoms with Crippen LogP contribution in [0.15, 0.2) is 71.8 Å². The number of carbonyl (C=O) groups excluding carboxylic acids is 2. The molecule has 1 fully saturated rings. The van der Waals surface area contributed by atoms with Crippen LogP contribution in [0, 0.1) is 17.0 Å². The lowest BCUT2D eigenvalue weighted by atomic mass is 10.1. The van der Waals surface area contributed by atoms with Crippen molar-refractivity contribution in [2.75, 3.05) is 0 Å². The van der Waals surface area contributed by atoms with Crippen molar-refractivity contribution in [3.63, 3.8) is 0 Å². The number of nitro benzene ring substituents is 1. The van der Waals surface area contributed by atoms with Gasteiger partial charge in [-0.25, -0.2) is 0 Å². The van der Waals surface area contributed by atoms with Crippen molar-refractivity contribution >= 4 is 34.7 Å². The van der Waals surface area contributed by atoms with E-state index in [1.165, 1.54) is 11.0 Å². The molecule has 3 aromatic rings. The van der Waals surface area contributed by atoms with Gasteiger partial charge in [-0.2, -0.15) is 0 Å². The highest BCUT2D eigenvalue weighted by Crippen LogP contribution is 2.33. The van der Waals surface area contributed by atoms with Gasteiger partial charge in [-0.05, 0) is 42.5 Å². The summed E-state index contributed by atoms with van der Waals surface area (Å²) in [6.07, 6.45) is 3.45. The molecule has 7 nitrogen and oxygen atoms in total. The number of carbonyl (C=O) groups is 2. The molecule has 2 aromatic carbocycles. The standard InChI is InChI=1S/C23H19N3O4S/c1-16-6-4-7-17(12-16)14-25-22(27)21(31-23(25)28)13-19-9-5-11-24(19)15-18-8-2-3-10-20(18)26(29)30/h2-13H,14-15H2,1H3/b21-13-. The van der Waals surface area contributed by atoms with Gasteiger partial charge in [0.2, 0.25) is 0 Å². The predicted octanol–water partition coefficient (Wildman–Crippen LogP) is 4.99. The Hall–Kier alpha value is -3.65. The van der Waals surface area contributed by atoms with Crippen LogP contribution in [0.2, 0.25) is 0 Å². The van der Waals surface area contributed by atoms with Crippen molar-refractivity contribution < 1.29 is 14.5 Å². The second-order valence-electron chi connectivity index (χ2n) is 7.20. The fourth-order valence-corrected chi connectivity index (χ4v) is 4.30. The second-order valence-corrected chi connectivity index (χ2v) is 8.20. The molecule has 0 atom stereocenters. The molecule has 2 heterocycles. The number of hydrogen-bond acceptors (Lipinski definition) is 5. The summed E-state index contributed by atoms with van der Waals surface area (Å²) in [5.41, 5.74) is 3.25. The van der Waals surface area contributed by atoms with Crippen molar-refractivity contribution in [3.05, 3.63) is 104 Å². The van der Waals surface area contributed by atoms with Gasteiger partial charge < -0.3 is 4.57 Å². The highest BCUT2D eigenvalue weighted by atomic mass is 32.2. The molecule has 8 heteroatoms. The van der Waals surface area contributed by atoms with E-state index in [2.05, 4.69) is 0 Å². The lowest BCUT2D eigenvalue weighted by Gasteiger charge is -2.12. The van der Waals surface area contributed by atoms with E-state index in [9.17, 15) is 19.7 Å². The molecular formula is C23H19N3O4S. The molecule has 1 saturated heterocycles. The minimum atomic E-state index is -0.408. The van der Waals surface area contributed by atoms with Gasteiger partial charge in [0.05, 0.1) is 22.9 Å². The lowest BCUT2D eigenvalue weighted by Crippen LogP contribution is -2.27. The van der Waals surface area contributed by atoms with Gasteiger partial charge in [-0.1, -0.05) is 48.0 Å². The number of hydrogen-bond donors (Lipinski definition) is 0. The highest BCUT2D eigenvalue weighted by Gasteiger charge is 2.35. The van der Waals surface area contributed by atoms with Gasteiger partial charge in [-0.15, -0.1) is 0 Å². The van der Waals surface area contributed by atoms with Crippen molar-refractivity contribution in [1.29, 1.82) is 0 Å². The zero-order chi connectivity index (χ0) is 22.0. The average Bonchev–Trinajstić information content (AvgIpc) is 3.28. The smallest absolute Gasteiger partial charge is 0.293 e. The van der Waals surface area contributed by atoms with Crippen molar-refractivity contribution in [2.45, 2.75) is 20.0 Å². The topological polar surface area (TPSA) is 85.4 Å². The largest absolute Gasteiger partial charge is 0.343 e. The normalized spacial score (nSPS) is 15.1. The number of benzene rings is 2. The summed E-state index contributed by atoms with van der Waals surface area (Å²) < 4.78 is 1.82. The van der Waals surface area contributed by atoms with Crippen LogP contribution in [-0.4, -0.2) is 25.5 Å². The quantitative estimate of drug-likeness (QED) is 0.311. The fraction of sp³-hybridized carbons (Fsp3) is 0.130. The van der Waals surface area contributed by atoms with Gasteiger partial charge in [0.1, 0.15) is 0 Å². The van der Waals surface area contributed by atoms with Gasteiger partial charge >= 0.3 is 0 Å². The first kappa shape index (κ1) is 20.6. The minimum absolute atomic E-state index is 0.0422.